The van der Waals surface area contributed by atoms with Gasteiger partial charge >= 0.3 is 0 Å². The topological polar surface area (TPSA) is 149 Å². The Bertz CT molecular complexity index is 1490. The lowest BCUT2D eigenvalue weighted by atomic mass is 9.95. The Hall–Kier alpha value is -4.51. The Kier molecular flexibility index (Phi) is 5.98. The number of anilines is 3. The van der Waals surface area contributed by atoms with Crippen molar-refractivity contribution in [3.8, 4) is 0 Å². The summed E-state index contributed by atoms with van der Waals surface area (Å²) in [6.45, 7) is 4.42. The predicted molar refractivity (Wildman–Crippen MR) is 138 cm³/mol. The summed E-state index contributed by atoms with van der Waals surface area (Å²) in [5, 5.41) is 21.4. The highest BCUT2D eigenvalue weighted by molar-refractivity contribution is 5.91. The average molecular weight is 486 g/mol. The molecule has 1 unspecified atom stereocenters. The van der Waals surface area contributed by atoms with E-state index in [0.29, 0.717) is 29.9 Å². The third-order valence-corrected chi connectivity index (χ3v) is 5.88. The van der Waals surface area contributed by atoms with Crippen molar-refractivity contribution in [2.75, 3.05) is 16.4 Å². The van der Waals surface area contributed by atoms with Gasteiger partial charge in [0.15, 0.2) is 22.7 Å². The maximum absolute atomic E-state index is 12.7. The van der Waals surface area contributed by atoms with E-state index in [2.05, 4.69) is 30.7 Å². The number of aryl methyl sites for hydroxylation is 2. The highest BCUT2D eigenvalue weighted by atomic mass is 16.3. The van der Waals surface area contributed by atoms with Crippen LogP contribution in [0.5, 0.6) is 0 Å². The Balaban J connectivity index is 1.35. The van der Waals surface area contributed by atoms with Gasteiger partial charge in [0.25, 0.3) is 0 Å². The molecule has 0 saturated heterocycles. The molecule has 11 nitrogen and oxygen atoms in total. The first kappa shape index (κ1) is 23.2. The highest BCUT2D eigenvalue weighted by Gasteiger charge is 2.28. The van der Waals surface area contributed by atoms with Gasteiger partial charge in [-0.05, 0) is 31.1 Å². The number of nitrogen functional groups attached to an aromatic ring is 1. The minimum Gasteiger partial charge on any atom is -0.368 e. The van der Waals surface area contributed by atoms with E-state index in [1.54, 1.807) is 15.3 Å². The molecule has 5 rings (SSSR count). The summed E-state index contributed by atoms with van der Waals surface area (Å²) >= 11 is 0. The molecule has 0 aliphatic heterocycles. The fraction of sp³-hybridized carbons (Fsp3) is 0.240. The molecule has 1 atom stereocenters. The zero-order valence-corrected chi connectivity index (χ0v) is 20.0. The molecule has 5 N–H and O–H groups in total. The molecule has 36 heavy (non-hydrogen) atoms. The summed E-state index contributed by atoms with van der Waals surface area (Å²) in [4.78, 5) is 25.7. The summed E-state index contributed by atoms with van der Waals surface area (Å²) < 4.78 is 3.30. The van der Waals surface area contributed by atoms with E-state index in [4.69, 9.17) is 5.73 Å². The van der Waals surface area contributed by atoms with Crippen LogP contribution in [0.15, 0.2) is 61.0 Å². The Labute approximate surface area is 207 Å². The minimum absolute atomic E-state index is 0.00394. The van der Waals surface area contributed by atoms with E-state index in [9.17, 15) is 9.90 Å². The number of hydrogen-bond donors (Lipinski definition) is 4. The summed E-state index contributed by atoms with van der Waals surface area (Å²) in [5.74, 6) is 0.633. The van der Waals surface area contributed by atoms with Gasteiger partial charge in [0.2, 0.25) is 11.9 Å². The summed E-state index contributed by atoms with van der Waals surface area (Å²) in [7, 11) is 0. The molecule has 4 aromatic rings. The molecule has 0 bridgehead atoms. The van der Waals surface area contributed by atoms with Gasteiger partial charge < -0.3 is 26.0 Å². The largest absolute Gasteiger partial charge is 0.368 e. The van der Waals surface area contributed by atoms with Crippen LogP contribution in [-0.4, -0.2) is 46.0 Å². The second kappa shape index (κ2) is 9.27. The molecule has 1 aliphatic rings. The quantitative estimate of drug-likeness (QED) is 0.292. The van der Waals surface area contributed by atoms with Crippen molar-refractivity contribution in [2.24, 2.45) is 0 Å². The lowest BCUT2D eigenvalue weighted by molar-refractivity contribution is -0.116. The van der Waals surface area contributed by atoms with Crippen molar-refractivity contribution in [3.63, 3.8) is 0 Å². The normalized spacial score (nSPS) is 17.2. The van der Waals surface area contributed by atoms with Gasteiger partial charge in [0, 0.05) is 19.0 Å². The lowest BCUT2D eigenvalue weighted by Gasteiger charge is -2.28. The van der Waals surface area contributed by atoms with Crippen LogP contribution in [0.2, 0.25) is 0 Å². The standard InChI is InChI=1S/C25H27N9O2/c1-3-34-19(13-16(2)32-34)28-20(35)14-33-15-27-21-22(29-24(26)30-23(21)33)31-25(36)11-9-18(10-12-25)17-7-5-4-6-8-17/h4-11,13,15,36H,3,12,14H2,1-2H3,(H,28,35)(H3,26,29,30,31). The van der Waals surface area contributed by atoms with E-state index in [1.807, 2.05) is 62.4 Å². The van der Waals surface area contributed by atoms with Gasteiger partial charge in [-0.15, -0.1) is 0 Å². The number of fused-ring (bicyclic) bond motifs is 1. The molecule has 3 heterocycles. The molecule has 0 saturated carbocycles. The first-order valence-corrected chi connectivity index (χ1v) is 11.6. The van der Waals surface area contributed by atoms with Crippen molar-refractivity contribution >= 4 is 40.2 Å². The highest BCUT2D eigenvalue weighted by Crippen LogP contribution is 2.30. The van der Waals surface area contributed by atoms with Gasteiger partial charge in [0.05, 0.1) is 12.0 Å². The number of carbonyl (C=O) groups is 1. The van der Waals surface area contributed by atoms with Gasteiger partial charge in [-0.3, -0.25) is 4.79 Å². The van der Waals surface area contributed by atoms with E-state index in [1.165, 1.54) is 6.33 Å². The molecular formula is C25H27N9O2. The number of aromatic nitrogens is 6. The maximum Gasteiger partial charge on any atom is 0.245 e. The van der Waals surface area contributed by atoms with Crippen LogP contribution in [0, 0.1) is 6.92 Å². The summed E-state index contributed by atoms with van der Waals surface area (Å²) in [6, 6.07) is 11.7. The van der Waals surface area contributed by atoms with Crippen LogP contribution in [0.3, 0.4) is 0 Å². The summed E-state index contributed by atoms with van der Waals surface area (Å²) in [5.41, 5.74) is 8.26. The third-order valence-electron chi connectivity index (χ3n) is 5.88. The lowest BCUT2D eigenvalue weighted by Crippen LogP contribution is -2.37. The molecular weight excluding hydrogens is 458 g/mol. The maximum atomic E-state index is 12.7. The SMILES string of the molecule is CCn1nc(C)cc1NC(=O)Cn1cnc2c(NC3(O)C=CC(c4ccccc4)=CC3)nc(N)nc21. The van der Waals surface area contributed by atoms with Crippen LogP contribution in [0.1, 0.15) is 24.6 Å². The molecule has 1 amide bonds. The Morgan fingerprint density at radius 1 is 1.25 bits per heavy atom. The van der Waals surface area contributed by atoms with Crippen molar-refractivity contribution in [1.82, 2.24) is 29.3 Å². The number of carbonyl (C=O) groups excluding carboxylic acids is 1. The van der Waals surface area contributed by atoms with Crippen LogP contribution in [-0.2, 0) is 17.9 Å². The third kappa shape index (κ3) is 4.68. The number of allylic oxidation sites excluding steroid dienone is 2. The Morgan fingerprint density at radius 3 is 2.78 bits per heavy atom. The number of rotatable bonds is 7. The first-order valence-electron chi connectivity index (χ1n) is 11.6. The first-order chi connectivity index (χ1) is 17.3. The van der Waals surface area contributed by atoms with Crippen LogP contribution < -0.4 is 16.4 Å². The second-order valence-electron chi connectivity index (χ2n) is 8.62. The Morgan fingerprint density at radius 2 is 2.06 bits per heavy atom. The fourth-order valence-corrected chi connectivity index (χ4v) is 4.16. The van der Waals surface area contributed by atoms with E-state index >= 15 is 0 Å². The number of nitrogens with two attached hydrogens (primary N) is 1. The average Bonchev–Trinajstić information content (AvgIpc) is 3.42. The smallest absolute Gasteiger partial charge is 0.245 e. The number of nitrogens with one attached hydrogen (secondary N) is 2. The molecule has 184 valence electrons. The van der Waals surface area contributed by atoms with Crippen LogP contribution >= 0.6 is 0 Å². The van der Waals surface area contributed by atoms with E-state index < -0.39 is 5.72 Å². The number of nitrogens with zero attached hydrogens (tertiary/aromatic N) is 6. The number of benzene rings is 1. The van der Waals surface area contributed by atoms with Crippen LogP contribution in [0.4, 0.5) is 17.6 Å². The van der Waals surface area contributed by atoms with E-state index in [0.717, 1.165) is 16.8 Å². The molecule has 1 aromatic carbocycles. The van der Waals surface area contributed by atoms with Crippen molar-refractivity contribution in [1.29, 1.82) is 0 Å². The summed E-state index contributed by atoms with van der Waals surface area (Å²) in [6.07, 6.45) is 7.31. The molecule has 3 aromatic heterocycles. The zero-order valence-electron chi connectivity index (χ0n) is 20.0. The molecule has 1 aliphatic carbocycles. The van der Waals surface area contributed by atoms with Gasteiger partial charge in [-0.25, -0.2) is 9.67 Å². The number of hydrogen-bond acceptors (Lipinski definition) is 8. The molecule has 0 spiro atoms. The minimum atomic E-state index is -1.39. The van der Waals surface area contributed by atoms with Crippen molar-refractivity contribution < 1.29 is 9.90 Å². The van der Waals surface area contributed by atoms with Gasteiger partial charge in [-0.2, -0.15) is 15.1 Å². The van der Waals surface area contributed by atoms with Crippen molar-refractivity contribution in [3.05, 3.63) is 72.2 Å². The molecule has 0 fully saturated rings. The van der Waals surface area contributed by atoms with Gasteiger partial charge in [0.1, 0.15) is 12.4 Å². The second-order valence-corrected chi connectivity index (χ2v) is 8.62. The van der Waals surface area contributed by atoms with Crippen molar-refractivity contribution in [2.45, 2.75) is 39.1 Å². The van der Waals surface area contributed by atoms with Crippen LogP contribution in [0.25, 0.3) is 16.7 Å². The zero-order chi connectivity index (χ0) is 25.3. The van der Waals surface area contributed by atoms with E-state index in [-0.39, 0.29) is 24.2 Å². The molecule has 0 radical (unpaired) electrons. The molecule has 11 heteroatoms. The predicted octanol–water partition coefficient (Wildman–Crippen LogP) is 2.72. The number of amides is 1. The fourth-order valence-electron chi connectivity index (χ4n) is 4.16. The number of aliphatic hydroxyl groups is 1. The monoisotopic (exact) mass is 485 g/mol. The van der Waals surface area contributed by atoms with Gasteiger partial charge in [-0.1, -0.05) is 42.5 Å². The number of imidazole rings is 1.